The van der Waals surface area contributed by atoms with Crippen molar-refractivity contribution in [2.45, 2.75) is 33.6 Å². The number of allylic oxidation sites excluding steroid dienone is 2. The van der Waals surface area contributed by atoms with E-state index in [-0.39, 0.29) is 0 Å². The van der Waals surface area contributed by atoms with Gasteiger partial charge in [0, 0.05) is 0 Å². The predicted molar refractivity (Wildman–Crippen MR) is 69.4 cm³/mol. The van der Waals surface area contributed by atoms with Gasteiger partial charge in [-0.15, -0.1) is 0 Å². The third kappa shape index (κ3) is 2.63. The van der Waals surface area contributed by atoms with Crippen LogP contribution in [-0.2, 0) is 4.74 Å². The average molecular weight is 232 g/mol. The lowest BCUT2D eigenvalue weighted by atomic mass is 9.85. The van der Waals surface area contributed by atoms with Crippen LogP contribution in [0.1, 0.15) is 39.4 Å². The van der Waals surface area contributed by atoms with E-state index in [2.05, 4.69) is 19.9 Å². The monoisotopic (exact) mass is 232 g/mol. The Bertz CT molecular complexity index is 424. The third-order valence-electron chi connectivity index (χ3n) is 3.38. The molecule has 1 aliphatic rings. The summed E-state index contributed by atoms with van der Waals surface area (Å²) in [5.41, 5.74) is 2.62. The van der Waals surface area contributed by atoms with Gasteiger partial charge >= 0.3 is 0 Å². The quantitative estimate of drug-likeness (QED) is 0.770. The highest BCUT2D eigenvalue weighted by molar-refractivity contribution is 5.55. The fraction of sp³-hybridized carbons (Fsp3) is 0.467. The van der Waals surface area contributed by atoms with Crippen molar-refractivity contribution < 1.29 is 9.15 Å². The molecule has 1 atom stereocenters. The summed E-state index contributed by atoms with van der Waals surface area (Å²) in [5.74, 6) is 2.59. The first kappa shape index (κ1) is 12.0. The summed E-state index contributed by atoms with van der Waals surface area (Å²) in [4.78, 5) is 0. The van der Waals surface area contributed by atoms with Gasteiger partial charge in [-0.3, -0.25) is 0 Å². The Balaban J connectivity index is 2.33. The summed E-state index contributed by atoms with van der Waals surface area (Å²) in [6.45, 7) is 7.18. The molecule has 1 heterocycles. The van der Waals surface area contributed by atoms with Crippen LogP contribution >= 0.6 is 0 Å². The molecule has 1 aromatic heterocycles. The second-order valence-electron chi connectivity index (χ2n) is 4.57. The van der Waals surface area contributed by atoms with E-state index in [1.807, 2.05) is 19.1 Å². The fourth-order valence-electron chi connectivity index (χ4n) is 2.21. The summed E-state index contributed by atoms with van der Waals surface area (Å²) in [7, 11) is 0. The van der Waals surface area contributed by atoms with Gasteiger partial charge in [0.1, 0.15) is 11.5 Å². The Hall–Kier alpha value is -1.44. The van der Waals surface area contributed by atoms with E-state index in [1.165, 1.54) is 17.6 Å². The molecule has 0 bridgehead atoms. The molecule has 1 aromatic rings. The van der Waals surface area contributed by atoms with Crippen LogP contribution in [0.15, 0.2) is 39.7 Å². The lowest BCUT2D eigenvalue weighted by Crippen LogP contribution is -2.12. The SMILES string of the molecule is CCOC1=C(C)C(C)CC/C1=C/c1ccco1. The van der Waals surface area contributed by atoms with Crippen LogP contribution in [0, 0.1) is 5.92 Å². The largest absolute Gasteiger partial charge is 0.494 e. The molecule has 2 nitrogen and oxygen atoms in total. The van der Waals surface area contributed by atoms with Crippen molar-refractivity contribution >= 4 is 6.08 Å². The molecule has 92 valence electrons. The van der Waals surface area contributed by atoms with Crippen LogP contribution in [0.2, 0.25) is 0 Å². The molecule has 17 heavy (non-hydrogen) atoms. The first-order chi connectivity index (χ1) is 8.22. The molecule has 1 unspecified atom stereocenters. The van der Waals surface area contributed by atoms with Crippen molar-refractivity contribution in [2.24, 2.45) is 5.92 Å². The molecule has 0 saturated heterocycles. The normalized spacial score (nSPS) is 23.2. The predicted octanol–water partition coefficient (Wildman–Crippen LogP) is 4.40. The topological polar surface area (TPSA) is 22.4 Å². The molecule has 1 aliphatic carbocycles. The zero-order valence-electron chi connectivity index (χ0n) is 10.8. The lowest BCUT2D eigenvalue weighted by molar-refractivity contribution is 0.223. The Labute approximate surface area is 103 Å². The van der Waals surface area contributed by atoms with Gasteiger partial charge in [0.05, 0.1) is 12.9 Å². The molecule has 2 heteroatoms. The van der Waals surface area contributed by atoms with Crippen LogP contribution in [0.3, 0.4) is 0 Å². The Kier molecular flexibility index (Phi) is 3.72. The third-order valence-corrected chi connectivity index (χ3v) is 3.38. The van der Waals surface area contributed by atoms with Crippen LogP contribution in [0.25, 0.3) is 6.08 Å². The maximum Gasteiger partial charge on any atom is 0.127 e. The molecule has 0 fully saturated rings. The number of furan rings is 1. The number of rotatable bonds is 3. The van der Waals surface area contributed by atoms with Crippen molar-refractivity contribution in [3.63, 3.8) is 0 Å². The van der Waals surface area contributed by atoms with E-state index in [0.717, 1.165) is 24.5 Å². The highest BCUT2D eigenvalue weighted by atomic mass is 16.5. The van der Waals surface area contributed by atoms with E-state index in [0.29, 0.717) is 5.92 Å². The Morgan fingerprint density at radius 2 is 2.35 bits per heavy atom. The van der Waals surface area contributed by atoms with Gasteiger partial charge < -0.3 is 9.15 Å². The minimum Gasteiger partial charge on any atom is -0.494 e. The Morgan fingerprint density at radius 3 is 3.00 bits per heavy atom. The molecule has 0 saturated carbocycles. The second-order valence-corrected chi connectivity index (χ2v) is 4.57. The van der Waals surface area contributed by atoms with Gasteiger partial charge in [-0.05, 0) is 62.0 Å². The lowest BCUT2D eigenvalue weighted by Gasteiger charge is -2.25. The summed E-state index contributed by atoms with van der Waals surface area (Å²) in [5, 5.41) is 0. The van der Waals surface area contributed by atoms with Gasteiger partial charge in [-0.2, -0.15) is 0 Å². The minimum atomic E-state index is 0.616. The zero-order chi connectivity index (χ0) is 12.3. The van der Waals surface area contributed by atoms with Crippen molar-refractivity contribution in [3.8, 4) is 0 Å². The van der Waals surface area contributed by atoms with Gasteiger partial charge in [0.15, 0.2) is 0 Å². The van der Waals surface area contributed by atoms with Crippen LogP contribution < -0.4 is 0 Å². The fourth-order valence-corrected chi connectivity index (χ4v) is 2.21. The zero-order valence-corrected chi connectivity index (χ0v) is 10.8. The van der Waals surface area contributed by atoms with E-state index in [9.17, 15) is 0 Å². The highest BCUT2D eigenvalue weighted by Crippen LogP contribution is 2.35. The maximum atomic E-state index is 5.80. The number of hydrogen-bond donors (Lipinski definition) is 0. The van der Waals surface area contributed by atoms with Crippen molar-refractivity contribution in [1.29, 1.82) is 0 Å². The van der Waals surface area contributed by atoms with Crippen LogP contribution in [0.4, 0.5) is 0 Å². The van der Waals surface area contributed by atoms with Crippen LogP contribution in [0.5, 0.6) is 0 Å². The first-order valence-electron chi connectivity index (χ1n) is 6.30. The van der Waals surface area contributed by atoms with Gasteiger partial charge in [0.2, 0.25) is 0 Å². The average Bonchev–Trinajstić information content (AvgIpc) is 2.81. The van der Waals surface area contributed by atoms with E-state index < -0.39 is 0 Å². The van der Waals surface area contributed by atoms with Gasteiger partial charge in [0.25, 0.3) is 0 Å². The molecule has 2 rings (SSSR count). The smallest absolute Gasteiger partial charge is 0.127 e. The van der Waals surface area contributed by atoms with Crippen molar-refractivity contribution in [1.82, 2.24) is 0 Å². The van der Waals surface area contributed by atoms with Gasteiger partial charge in [-0.25, -0.2) is 0 Å². The molecule has 0 N–H and O–H groups in total. The van der Waals surface area contributed by atoms with Crippen LogP contribution in [-0.4, -0.2) is 6.61 Å². The summed E-state index contributed by atoms with van der Waals surface area (Å²) in [6.07, 6.45) is 6.05. The first-order valence-corrected chi connectivity index (χ1v) is 6.30. The molecular formula is C15H20O2. The molecular weight excluding hydrogens is 212 g/mol. The van der Waals surface area contributed by atoms with Gasteiger partial charge in [-0.1, -0.05) is 6.92 Å². The second kappa shape index (κ2) is 5.26. The summed E-state index contributed by atoms with van der Waals surface area (Å²) < 4.78 is 11.2. The molecule has 0 aliphatic heterocycles. The van der Waals surface area contributed by atoms with E-state index in [1.54, 1.807) is 6.26 Å². The summed E-state index contributed by atoms with van der Waals surface area (Å²) >= 11 is 0. The molecule has 0 aromatic carbocycles. The van der Waals surface area contributed by atoms with E-state index in [4.69, 9.17) is 9.15 Å². The minimum absolute atomic E-state index is 0.616. The van der Waals surface area contributed by atoms with Crippen molar-refractivity contribution in [3.05, 3.63) is 41.1 Å². The Morgan fingerprint density at radius 1 is 1.53 bits per heavy atom. The number of hydrogen-bond acceptors (Lipinski definition) is 2. The number of ether oxygens (including phenoxy) is 1. The van der Waals surface area contributed by atoms with E-state index >= 15 is 0 Å². The molecule has 0 spiro atoms. The molecule has 0 amide bonds. The standard InChI is InChI=1S/C15H20O2/c1-4-16-15-12(3)11(2)7-8-13(15)10-14-6-5-9-17-14/h5-6,9-11H,4,7-8H2,1-3H3/b13-10-. The highest BCUT2D eigenvalue weighted by Gasteiger charge is 2.21. The molecule has 0 radical (unpaired) electrons. The summed E-state index contributed by atoms with van der Waals surface area (Å²) in [6, 6.07) is 3.89. The maximum absolute atomic E-state index is 5.80. The van der Waals surface area contributed by atoms with Crippen molar-refractivity contribution in [2.75, 3.05) is 6.61 Å².